The first-order valence-corrected chi connectivity index (χ1v) is 31.4. The highest BCUT2D eigenvalue weighted by Crippen LogP contribution is 2.54. The standard InChI is InChI=1S/C84H66BN5/c1-83(2,3)63-41-35-55(36-42-63)61-40-46-76-73(47-61)85-72-45-39-62(56-37-43-64(44-38-56)84(4,5)6)48-77(72)90(82-70(59-27-15-9-16-28-59)53-87-54-71(82)60-29-17-10-18-30-60)79-50-65(88-74-33-21-19-31-66(74)67-32-20-22-34-75(67)88)49-78(80(79)85)89(76)81-68(57-23-11-7-12-24-57)51-86-52-69(81)58-25-13-8-14-26-58/h7-54H,1-6H3. The average molecular weight is 1160 g/mol. The largest absolute Gasteiger partial charge is 0.310 e. The molecule has 5 heterocycles. The van der Waals surface area contributed by atoms with Crippen LogP contribution < -0.4 is 26.2 Å². The molecule has 0 saturated heterocycles. The minimum atomic E-state index is -0.241. The first kappa shape index (κ1) is 54.6. The van der Waals surface area contributed by atoms with Crippen LogP contribution in [0.5, 0.6) is 0 Å². The van der Waals surface area contributed by atoms with Gasteiger partial charge in [-0.3, -0.25) is 9.97 Å². The summed E-state index contributed by atoms with van der Waals surface area (Å²) in [5.74, 6) is 0. The number of fused-ring (bicyclic) bond motifs is 7. The van der Waals surface area contributed by atoms with E-state index in [0.29, 0.717) is 0 Å². The maximum atomic E-state index is 5.16. The van der Waals surface area contributed by atoms with E-state index in [2.05, 4.69) is 348 Å². The predicted octanol–water partition coefficient (Wildman–Crippen LogP) is 20.3. The van der Waals surface area contributed by atoms with Crippen molar-refractivity contribution in [3.8, 4) is 72.4 Å². The van der Waals surface area contributed by atoms with Crippen LogP contribution in [0.4, 0.5) is 34.1 Å². The smallest absolute Gasteiger partial charge is 0.252 e. The molecular formula is C84H66BN5. The Morgan fingerprint density at radius 2 is 0.667 bits per heavy atom. The zero-order valence-corrected chi connectivity index (χ0v) is 51.5. The summed E-state index contributed by atoms with van der Waals surface area (Å²) in [7, 11) is 0. The van der Waals surface area contributed by atoms with E-state index >= 15 is 0 Å². The van der Waals surface area contributed by atoms with Crippen molar-refractivity contribution in [2.45, 2.75) is 52.4 Å². The van der Waals surface area contributed by atoms with Gasteiger partial charge in [-0.2, -0.15) is 0 Å². The Bertz CT molecular complexity index is 4890. The molecule has 0 radical (unpaired) electrons. The fourth-order valence-corrected chi connectivity index (χ4v) is 14.2. The molecule has 0 bridgehead atoms. The molecular weight excluding hydrogens is 1090 g/mol. The van der Waals surface area contributed by atoms with Crippen LogP contribution in [-0.4, -0.2) is 21.2 Å². The van der Waals surface area contributed by atoms with Crippen molar-refractivity contribution in [1.82, 2.24) is 14.5 Å². The molecule has 0 unspecified atom stereocenters. The lowest BCUT2D eigenvalue weighted by atomic mass is 9.33. The highest BCUT2D eigenvalue weighted by molar-refractivity contribution is 7.00. The number of nitrogens with zero attached hydrogens (tertiary/aromatic N) is 5. The third-order valence-corrected chi connectivity index (χ3v) is 18.7. The number of hydrogen-bond acceptors (Lipinski definition) is 4. The molecule has 0 saturated carbocycles. The van der Waals surface area contributed by atoms with Gasteiger partial charge in [-0.15, -0.1) is 0 Å². The lowest BCUT2D eigenvalue weighted by molar-refractivity contribution is 0.590. The van der Waals surface area contributed by atoms with Gasteiger partial charge in [0, 0.05) is 80.6 Å². The first-order valence-electron chi connectivity index (χ1n) is 31.4. The predicted molar refractivity (Wildman–Crippen MR) is 380 cm³/mol. The van der Waals surface area contributed by atoms with Crippen molar-refractivity contribution < 1.29 is 0 Å². The molecule has 0 fully saturated rings. The van der Waals surface area contributed by atoms with E-state index in [9.17, 15) is 0 Å². The second-order valence-electron chi connectivity index (χ2n) is 26.2. The SMILES string of the molecule is CC(C)(C)c1ccc(-c2ccc3c(c2)B2c4ccc(-c5ccc(C(C)(C)C)cc5)cc4N(c4c(-c5ccccc5)cncc4-c4ccccc4)c4cc(-n5c6ccccc6c6ccccc65)cc(c42)N3c2c(-c3ccccc3)cncc2-c2ccccc2)cc1. The van der Waals surface area contributed by atoms with Gasteiger partial charge in [-0.1, -0.05) is 272 Å². The summed E-state index contributed by atoms with van der Waals surface area (Å²) in [6, 6.07) is 99.2. The van der Waals surface area contributed by atoms with E-state index in [1.807, 2.05) is 0 Å². The molecule has 16 rings (SSSR count). The topological polar surface area (TPSA) is 37.2 Å². The van der Waals surface area contributed by atoms with Crippen LogP contribution in [0.3, 0.4) is 0 Å². The zero-order valence-electron chi connectivity index (χ0n) is 51.5. The number of pyridine rings is 2. The Kier molecular flexibility index (Phi) is 13.0. The fourth-order valence-electron chi connectivity index (χ4n) is 14.2. The van der Waals surface area contributed by atoms with Gasteiger partial charge in [-0.05, 0) is 119 Å². The van der Waals surface area contributed by atoms with Gasteiger partial charge < -0.3 is 14.4 Å². The Morgan fingerprint density at radius 3 is 1.09 bits per heavy atom. The summed E-state index contributed by atoms with van der Waals surface area (Å²) in [6.45, 7) is 13.5. The van der Waals surface area contributed by atoms with E-state index in [1.54, 1.807) is 0 Å². The van der Waals surface area contributed by atoms with Crippen molar-refractivity contribution in [3.63, 3.8) is 0 Å². The molecule has 0 amide bonds. The Balaban J connectivity index is 1.09. The molecule has 2 aliphatic heterocycles. The van der Waals surface area contributed by atoms with Gasteiger partial charge in [0.2, 0.25) is 0 Å². The Hall–Kier alpha value is -10.8. The van der Waals surface area contributed by atoms with Crippen LogP contribution in [0.2, 0.25) is 0 Å². The van der Waals surface area contributed by atoms with Crippen molar-refractivity contribution in [1.29, 1.82) is 0 Å². The molecule has 5 nitrogen and oxygen atoms in total. The van der Waals surface area contributed by atoms with Crippen molar-refractivity contribution in [2.24, 2.45) is 0 Å². The lowest BCUT2D eigenvalue weighted by Crippen LogP contribution is -2.61. The van der Waals surface area contributed by atoms with Gasteiger partial charge in [-0.25, -0.2) is 0 Å². The van der Waals surface area contributed by atoms with Crippen molar-refractivity contribution in [2.75, 3.05) is 9.80 Å². The van der Waals surface area contributed by atoms with Gasteiger partial charge in [0.05, 0.1) is 28.1 Å². The van der Waals surface area contributed by atoms with Crippen LogP contribution >= 0.6 is 0 Å². The van der Waals surface area contributed by atoms with Crippen LogP contribution in [0.25, 0.3) is 94.3 Å². The van der Waals surface area contributed by atoms with Crippen molar-refractivity contribution in [3.05, 3.63) is 303 Å². The normalized spacial score (nSPS) is 12.7. The van der Waals surface area contributed by atoms with E-state index in [4.69, 9.17) is 9.97 Å². The quantitative estimate of drug-likeness (QED) is 0.135. The second-order valence-corrected chi connectivity index (χ2v) is 26.2. The Labute approximate surface area is 528 Å². The third-order valence-electron chi connectivity index (χ3n) is 18.7. The second kappa shape index (κ2) is 21.5. The monoisotopic (exact) mass is 1160 g/mol. The molecule has 0 N–H and O–H groups in total. The summed E-state index contributed by atoms with van der Waals surface area (Å²) in [5.41, 5.74) is 29.1. The number of hydrogen-bond donors (Lipinski definition) is 0. The van der Waals surface area contributed by atoms with Gasteiger partial charge in [0.1, 0.15) is 0 Å². The van der Waals surface area contributed by atoms with Crippen LogP contribution in [-0.2, 0) is 10.8 Å². The molecule has 11 aromatic carbocycles. The highest BCUT2D eigenvalue weighted by atomic mass is 15.2. The summed E-state index contributed by atoms with van der Waals surface area (Å²) in [4.78, 5) is 15.5. The summed E-state index contributed by atoms with van der Waals surface area (Å²) < 4.78 is 2.50. The minimum Gasteiger partial charge on any atom is -0.310 e. The highest BCUT2D eigenvalue weighted by Gasteiger charge is 2.46. The Morgan fingerprint density at radius 1 is 0.300 bits per heavy atom. The van der Waals surface area contributed by atoms with E-state index in [-0.39, 0.29) is 17.5 Å². The summed E-state index contributed by atoms with van der Waals surface area (Å²) in [5, 5.41) is 2.40. The zero-order chi connectivity index (χ0) is 60.8. The molecule has 14 aromatic rings. The van der Waals surface area contributed by atoms with Crippen LogP contribution in [0.15, 0.2) is 292 Å². The molecule has 0 spiro atoms. The number of para-hydroxylation sites is 2. The molecule has 6 heteroatoms. The van der Waals surface area contributed by atoms with Crippen LogP contribution in [0, 0.1) is 0 Å². The average Bonchev–Trinajstić information content (AvgIpc) is 0.748. The number of aromatic nitrogens is 3. The van der Waals surface area contributed by atoms with Gasteiger partial charge in [0.15, 0.2) is 0 Å². The number of benzene rings is 11. The van der Waals surface area contributed by atoms with E-state index in [1.165, 1.54) is 43.9 Å². The maximum Gasteiger partial charge on any atom is 0.252 e. The molecule has 0 atom stereocenters. The molecule has 0 aliphatic carbocycles. The summed E-state index contributed by atoms with van der Waals surface area (Å²) >= 11 is 0. The van der Waals surface area contributed by atoms with Gasteiger partial charge in [0.25, 0.3) is 6.71 Å². The van der Waals surface area contributed by atoms with Crippen LogP contribution in [0.1, 0.15) is 52.7 Å². The van der Waals surface area contributed by atoms with E-state index < -0.39 is 0 Å². The number of anilines is 6. The minimum absolute atomic E-state index is 0.000575. The molecule has 3 aromatic heterocycles. The van der Waals surface area contributed by atoms with Crippen molar-refractivity contribution >= 4 is 79.0 Å². The first-order chi connectivity index (χ1) is 43.9. The van der Waals surface area contributed by atoms with Gasteiger partial charge >= 0.3 is 0 Å². The fraction of sp³-hybridized carbons (Fsp3) is 0.0952. The summed E-state index contributed by atoms with van der Waals surface area (Å²) in [6.07, 6.45) is 8.30. The maximum absolute atomic E-state index is 5.16. The molecule has 2 aliphatic rings. The van der Waals surface area contributed by atoms with E-state index in [0.717, 1.165) is 112 Å². The lowest BCUT2D eigenvalue weighted by Gasteiger charge is -2.46. The molecule has 430 valence electrons. The third kappa shape index (κ3) is 9.16. The number of rotatable bonds is 9. The molecule has 90 heavy (non-hydrogen) atoms.